The molecule has 0 radical (unpaired) electrons. The largest absolute Gasteiger partial charge is 0.491 e. The summed E-state index contributed by atoms with van der Waals surface area (Å²) in [6, 6.07) is 5.76. The zero-order valence-corrected chi connectivity index (χ0v) is 11.3. The van der Waals surface area contributed by atoms with Crippen LogP contribution >= 0.6 is 0 Å². The van der Waals surface area contributed by atoms with E-state index in [9.17, 15) is 0 Å². The Morgan fingerprint density at radius 2 is 2.22 bits per heavy atom. The third kappa shape index (κ3) is 4.45. The first-order valence-corrected chi connectivity index (χ1v) is 6.55. The lowest BCUT2D eigenvalue weighted by molar-refractivity contribution is 0.266. The van der Waals surface area contributed by atoms with Gasteiger partial charge < -0.3 is 20.9 Å². The summed E-state index contributed by atoms with van der Waals surface area (Å²) in [6.45, 7) is 5.85. The van der Waals surface area contributed by atoms with Crippen LogP contribution in [-0.2, 0) is 0 Å². The molecular formula is C14H24N2O2. The molecule has 4 nitrogen and oxygen atoms in total. The lowest BCUT2D eigenvalue weighted by Crippen LogP contribution is -2.13. The second-order valence-corrected chi connectivity index (χ2v) is 4.56. The molecule has 1 aromatic rings. The topological polar surface area (TPSA) is 67.5 Å². The van der Waals surface area contributed by atoms with Crippen molar-refractivity contribution < 1.29 is 9.84 Å². The number of hydrogen-bond donors (Lipinski definition) is 3. The van der Waals surface area contributed by atoms with E-state index in [1.165, 1.54) is 0 Å². The summed E-state index contributed by atoms with van der Waals surface area (Å²) in [5.41, 5.74) is 7.60. The lowest BCUT2D eigenvalue weighted by atomic mass is 10.1. The monoisotopic (exact) mass is 252 g/mol. The van der Waals surface area contributed by atoms with Gasteiger partial charge in [0.2, 0.25) is 0 Å². The second kappa shape index (κ2) is 7.82. The van der Waals surface area contributed by atoms with Gasteiger partial charge in [-0.1, -0.05) is 19.9 Å². The Morgan fingerprint density at radius 3 is 2.89 bits per heavy atom. The van der Waals surface area contributed by atoms with Crippen molar-refractivity contribution in [3.8, 4) is 5.75 Å². The molecule has 1 rings (SSSR count). The van der Waals surface area contributed by atoms with E-state index in [4.69, 9.17) is 15.6 Å². The van der Waals surface area contributed by atoms with Crippen LogP contribution in [-0.4, -0.2) is 24.9 Å². The van der Waals surface area contributed by atoms with Crippen LogP contribution in [0.2, 0.25) is 0 Å². The summed E-state index contributed by atoms with van der Waals surface area (Å²) < 4.78 is 5.58. The first kappa shape index (κ1) is 14.6. The molecule has 0 saturated carbocycles. The molecule has 0 fully saturated rings. The zero-order chi connectivity index (χ0) is 13.4. The van der Waals surface area contributed by atoms with Gasteiger partial charge in [-0.05, 0) is 30.9 Å². The number of nitrogens with two attached hydrogens (primary N) is 1. The Kier molecular flexibility index (Phi) is 6.36. The zero-order valence-electron chi connectivity index (χ0n) is 11.3. The molecule has 0 heterocycles. The molecule has 1 aromatic carbocycles. The van der Waals surface area contributed by atoms with Crippen molar-refractivity contribution in [1.29, 1.82) is 0 Å². The summed E-state index contributed by atoms with van der Waals surface area (Å²) >= 11 is 0. The van der Waals surface area contributed by atoms with Crippen LogP contribution in [0.15, 0.2) is 18.2 Å². The maximum Gasteiger partial charge on any atom is 0.144 e. The Balaban J connectivity index is 2.60. The molecule has 0 aliphatic rings. The van der Waals surface area contributed by atoms with Crippen molar-refractivity contribution in [2.75, 3.05) is 30.8 Å². The highest BCUT2D eigenvalue weighted by molar-refractivity contribution is 5.72. The van der Waals surface area contributed by atoms with Gasteiger partial charge in [0, 0.05) is 13.2 Å². The Bertz CT molecular complexity index is 356. The molecular weight excluding hydrogens is 228 g/mol. The fraction of sp³-hybridized carbons (Fsp3) is 0.571. The molecule has 0 saturated heterocycles. The fourth-order valence-corrected chi connectivity index (χ4v) is 1.64. The molecule has 0 aliphatic heterocycles. The number of anilines is 2. The number of para-hydroxylation sites is 1. The highest BCUT2D eigenvalue weighted by Crippen LogP contribution is 2.29. The minimum atomic E-state index is 0.220. The quantitative estimate of drug-likeness (QED) is 0.622. The van der Waals surface area contributed by atoms with Crippen LogP contribution in [0, 0.1) is 5.92 Å². The van der Waals surface area contributed by atoms with Gasteiger partial charge in [0.15, 0.2) is 0 Å². The molecule has 1 atom stereocenters. The van der Waals surface area contributed by atoms with Crippen LogP contribution in [0.3, 0.4) is 0 Å². The molecule has 18 heavy (non-hydrogen) atoms. The van der Waals surface area contributed by atoms with Crippen molar-refractivity contribution in [2.24, 2.45) is 5.92 Å². The number of benzene rings is 1. The molecule has 0 spiro atoms. The average Bonchev–Trinajstić information content (AvgIpc) is 2.36. The molecule has 0 aromatic heterocycles. The van der Waals surface area contributed by atoms with Gasteiger partial charge in [0.05, 0.1) is 18.0 Å². The third-order valence-corrected chi connectivity index (χ3v) is 2.79. The molecule has 4 N–H and O–H groups in total. The summed E-state index contributed by atoms with van der Waals surface area (Å²) in [7, 11) is 0. The minimum absolute atomic E-state index is 0.220. The number of ether oxygens (including phenoxy) is 1. The smallest absolute Gasteiger partial charge is 0.144 e. The van der Waals surface area contributed by atoms with Crippen LogP contribution in [0.1, 0.15) is 26.7 Å². The van der Waals surface area contributed by atoms with E-state index < -0.39 is 0 Å². The second-order valence-electron chi connectivity index (χ2n) is 4.56. The predicted molar refractivity (Wildman–Crippen MR) is 76.0 cm³/mol. The normalized spacial score (nSPS) is 12.2. The van der Waals surface area contributed by atoms with E-state index in [-0.39, 0.29) is 6.61 Å². The Hall–Kier alpha value is -1.42. The Labute approximate surface area is 109 Å². The summed E-state index contributed by atoms with van der Waals surface area (Å²) in [5, 5.41) is 12.2. The number of rotatable bonds is 8. The first-order valence-electron chi connectivity index (χ1n) is 6.55. The van der Waals surface area contributed by atoms with Gasteiger partial charge >= 0.3 is 0 Å². The van der Waals surface area contributed by atoms with Crippen molar-refractivity contribution in [2.45, 2.75) is 26.7 Å². The molecule has 0 bridgehead atoms. The summed E-state index contributed by atoms with van der Waals surface area (Å²) in [6.07, 6.45) is 1.75. The summed E-state index contributed by atoms with van der Waals surface area (Å²) in [4.78, 5) is 0. The number of aliphatic hydroxyl groups is 1. The van der Waals surface area contributed by atoms with Gasteiger partial charge in [-0.2, -0.15) is 0 Å². The molecule has 4 heteroatoms. The Morgan fingerprint density at radius 1 is 1.44 bits per heavy atom. The van der Waals surface area contributed by atoms with E-state index in [2.05, 4.69) is 19.2 Å². The molecule has 0 amide bonds. The van der Waals surface area contributed by atoms with Crippen molar-refractivity contribution >= 4 is 11.4 Å². The predicted octanol–water partition coefficient (Wildman–Crippen LogP) is 2.49. The standard InChI is InChI=1S/C14H24N2O2/c1-3-9-18-13-6-4-5-12(14(13)15)16-10-11(2)7-8-17/h4-6,11,16-17H,3,7-10,15H2,1-2H3. The van der Waals surface area contributed by atoms with Gasteiger partial charge in [-0.3, -0.25) is 0 Å². The van der Waals surface area contributed by atoms with Crippen LogP contribution in [0.5, 0.6) is 5.75 Å². The maximum atomic E-state index is 8.86. The van der Waals surface area contributed by atoms with Gasteiger partial charge in [0.25, 0.3) is 0 Å². The van der Waals surface area contributed by atoms with E-state index in [0.717, 1.165) is 30.8 Å². The van der Waals surface area contributed by atoms with Crippen LogP contribution in [0.25, 0.3) is 0 Å². The van der Waals surface area contributed by atoms with E-state index in [1.54, 1.807) is 0 Å². The van der Waals surface area contributed by atoms with Crippen molar-refractivity contribution in [3.63, 3.8) is 0 Å². The van der Waals surface area contributed by atoms with Gasteiger partial charge in [-0.15, -0.1) is 0 Å². The lowest BCUT2D eigenvalue weighted by Gasteiger charge is -2.16. The molecule has 102 valence electrons. The van der Waals surface area contributed by atoms with E-state index in [0.29, 0.717) is 18.2 Å². The average molecular weight is 252 g/mol. The fourth-order valence-electron chi connectivity index (χ4n) is 1.64. The summed E-state index contributed by atoms with van der Waals surface area (Å²) in [5.74, 6) is 1.14. The molecule has 1 unspecified atom stereocenters. The number of nitrogen functional groups attached to an aromatic ring is 1. The van der Waals surface area contributed by atoms with E-state index >= 15 is 0 Å². The first-order chi connectivity index (χ1) is 8.69. The van der Waals surface area contributed by atoms with E-state index in [1.807, 2.05) is 18.2 Å². The number of nitrogens with one attached hydrogen (secondary N) is 1. The maximum absolute atomic E-state index is 8.86. The van der Waals surface area contributed by atoms with Gasteiger partial charge in [0.1, 0.15) is 5.75 Å². The van der Waals surface area contributed by atoms with Crippen LogP contribution in [0.4, 0.5) is 11.4 Å². The van der Waals surface area contributed by atoms with Crippen molar-refractivity contribution in [1.82, 2.24) is 0 Å². The SMILES string of the molecule is CCCOc1cccc(NCC(C)CCO)c1N. The minimum Gasteiger partial charge on any atom is -0.491 e. The number of hydrogen-bond acceptors (Lipinski definition) is 4. The van der Waals surface area contributed by atoms with Gasteiger partial charge in [-0.25, -0.2) is 0 Å². The molecule has 0 aliphatic carbocycles. The highest BCUT2D eigenvalue weighted by atomic mass is 16.5. The third-order valence-electron chi connectivity index (χ3n) is 2.79. The van der Waals surface area contributed by atoms with Crippen molar-refractivity contribution in [3.05, 3.63) is 18.2 Å². The number of aliphatic hydroxyl groups excluding tert-OH is 1. The van der Waals surface area contributed by atoms with Crippen LogP contribution < -0.4 is 15.8 Å². The highest BCUT2D eigenvalue weighted by Gasteiger charge is 2.07.